The van der Waals surface area contributed by atoms with Gasteiger partial charge in [-0.3, -0.25) is 0 Å². The van der Waals surface area contributed by atoms with E-state index in [1.165, 1.54) is 31.9 Å². The Balaban J connectivity index is 1.92. The fourth-order valence-electron chi connectivity index (χ4n) is 2.91. The van der Waals surface area contributed by atoms with Gasteiger partial charge in [-0.25, -0.2) is 4.79 Å². The number of benzene rings is 1. The molecule has 0 atom stereocenters. The topological polar surface area (TPSA) is 47.6 Å². The highest BCUT2D eigenvalue weighted by Gasteiger charge is 2.28. The number of ether oxygens (including phenoxy) is 2. The van der Waals surface area contributed by atoms with E-state index in [1.54, 1.807) is 0 Å². The fraction of sp³-hybridized carbons (Fsp3) is 0.500. The summed E-state index contributed by atoms with van der Waals surface area (Å²) in [5.74, 6) is 0. The zero-order valence-electron chi connectivity index (χ0n) is 13.2. The minimum atomic E-state index is -0.639. The lowest BCUT2D eigenvalue weighted by Gasteiger charge is -2.36. The average Bonchev–Trinajstić information content (AvgIpc) is 2.59. The van der Waals surface area contributed by atoms with Crippen LogP contribution in [0, 0.1) is 0 Å². The summed E-state index contributed by atoms with van der Waals surface area (Å²) in [6, 6.07) is 10.4. The molecule has 0 heterocycles. The van der Waals surface area contributed by atoms with Crippen molar-refractivity contribution in [1.29, 1.82) is 0 Å². The van der Waals surface area contributed by atoms with Gasteiger partial charge in [0.15, 0.2) is 0 Å². The molecule has 0 spiro atoms. The highest BCUT2D eigenvalue weighted by Crippen LogP contribution is 2.29. The van der Waals surface area contributed by atoms with Crippen LogP contribution in [0.3, 0.4) is 0 Å². The van der Waals surface area contributed by atoms with E-state index >= 15 is 0 Å². The summed E-state index contributed by atoms with van der Waals surface area (Å²) in [4.78, 5) is 11.0. The predicted octanol–water partition coefficient (Wildman–Crippen LogP) is 3.82. The Hall–Kier alpha value is -1.81. The molecule has 1 aliphatic carbocycles. The number of hydrogen-bond acceptors (Lipinski definition) is 4. The SMILES string of the molecule is COC(=O)OC/C=C/C1(NCc2ccccc2)CCCCC1. The quantitative estimate of drug-likeness (QED) is 0.641. The van der Waals surface area contributed by atoms with Crippen molar-refractivity contribution in [3.05, 3.63) is 48.0 Å². The first kappa shape index (κ1) is 16.6. The summed E-state index contributed by atoms with van der Waals surface area (Å²) in [5, 5.41) is 3.69. The third kappa shape index (κ3) is 5.19. The Morgan fingerprint density at radius 2 is 1.95 bits per heavy atom. The molecule has 1 saturated carbocycles. The molecule has 1 fully saturated rings. The number of nitrogens with one attached hydrogen (secondary N) is 1. The molecule has 0 unspecified atom stereocenters. The van der Waals surface area contributed by atoms with Crippen LogP contribution in [0.15, 0.2) is 42.5 Å². The second kappa shape index (κ2) is 8.59. The van der Waals surface area contributed by atoms with Crippen molar-refractivity contribution >= 4 is 6.16 Å². The number of rotatable bonds is 6. The van der Waals surface area contributed by atoms with Gasteiger partial charge in [0.1, 0.15) is 6.61 Å². The van der Waals surface area contributed by atoms with Crippen LogP contribution in [0.2, 0.25) is 0 Å². The number of carbonyl (C=O) groups is 1. The number of hydrogen-bond donors (Lipinski definition) is 1. The van der Waals surface area contributed by atoms with Gasteiger partial charge in [0.05, 0.1) is 7.11 Å². The van der Waals surface area contributed by atoms with E-state index < -0.39 is 6.16 Å². The van der Waals surface area contributed by atoms with E-state index in [4.69, 9.17) is 4.74 Å². The second-order valence-corrected chi connectivity index (χ2v) is 5.72. The predicted molar refractivity (Wildman–Crippen MR) is 86.6 cm³/mol. The molecule has 1 aromatic rings. The van der Waals surface area contributed by atoms with Crippen molar-refractivity contribution in [2.75, 3.05) is 13.7 Å². The highest BCUT2D eigenvalue weighted by molar-refractivity contribution is 5.59. The van der Waals surface area contributed by atoms with E-state index in [0.29, 0.717) is 0 Å². The lowest BCUT2D eigenvalue weighted by molar-refractivity contribution is 0.0816. The lowest BCUT2D eigenvalue weighted by atomic mass is 9.81. The van der Waals surface area contributed by atoms with Gasteiger partial charge >= 0.3 is 6.16 Å². The normalized spacial score (nSPS) is 17.3. The number of methoxy groups -OCH3 is 1. The van der Waals surface area contributed by atoms with Gasteiger partial charge in [-0.15, -0.1) is 0 Å². The van der Waals surface area contributed by atoms with Crippen LogP contribution in [0.4, 0.5) is 4.79 Å². The molecule has 0 aliphatic heterocycles. The Bertz CT molecular complexity index is 478. The lowest BCUT2D eigenvalue weighted by Crippen LogP contribution is -2.44. The Morgan fingerprint density at radius 1 is 1.23 bits per heavy atom. The monoisotopic (exact) mass is 303 g/mol. The van der Waals surface area contributed by atoms with Gasteiger partial charge in [0, 0.05) is 12.1 Å². The van der Waals surface area contributed by atoms with Crippen molar-refractivity contribution < 1.29 is 14.3 Å². The molecule has 0 radical (unpaired) electrons. The molecule has 0 amide bonds. The molecule has 4 nitrogen and oxygen atoms in total. The van der Waals surface area contributed by atoms with Crippen molar-refractivity contribution in [1.82, 2.24) is 5.32 Å². The van der Waals surface area contributed by atoms with Gasteiger partial charge < -0.3 is 14.8 Å². The van der Waals surface area contributed by atoms with Crippen LogP contribution < -0.4 is 5.32 Å². The van der Waals surface area contributed by atoms with Gasteiger partial charge in [0.2, 0.25) is 0 Å². The van der Waals surface area contributed by atoms with Crippen molar-refractivity contribution in [2.24, 2.45) is 0 Å². The second-order valence-electron chi connectivity index (χ2n) is 5.72. The molecule has 1 aliphatic rings. The molecule has 4 heteroatoms. The molecule has 1 aromatic carbocycles. The van der Waals surface area contributed by atoms with Crippen LogP contribution in [0.25, 0.3) is 0 Å². The summed E-state index contributed by atoms with van der Waals surface area (Å²) in [6.45, 7) is 1.10. The first-order valence-electron chi connectivity index (χ1n) is 7.91. The van der Waals surface area contributed by atoms with E-state index in [-0.39, 0.29) is 12.1 Å². The third-order valence-electron chi connectivity index (χ3n) is 4.13. The smallest absolute Gasteiger partial charge is 0.438 e. The van der Waals surface area contributed by atoms with Gasteiger partial charge in [-0.1, -0.05) is 55.7 Å². The van der Waals surface area contributed by atoms with Gasteiger partial charge in [-0.2, -0.15) is 0 Å². The largest absolute Gasteiger partial charge is 0.508 e. The van der Waals surface area contributed by atoms with Crippen molar-refractivity contribution in [3.63, 3.8) is 0 Å². The molecule has 0 bridgehead atoms. The van der Waals surface area contributed by atoms with Gasteiger partial charge in [0.25, 0.3) is 0 Å². The molecule has 2 rings (SSSR count). The average molecular weight is 303 g/mol. The minimum absolute atomic E-state index is 0.00751. The summed E-state index contributed by atoms with van der Waals surface area (Å²) in [6.07, 6.45) is 9.43. The van der Waals surface area contributed by atoms with E-state index in [1.807, 2.05) is 12.1 Å². The first-order valence-corrected chi connectivity index (χ1v) is 7.91. The Kier molecular flexibility index (Phi) is 6.46. The summed E-state index contributed by atoms with van der Waals surface area (Å²) in [7, 11) is 1.32. The van der Waals surface area contributed by atoms with Crippen LogP contribution in [-0.4, -0.2) is 25.4 Å². The molecule has 120 valence electrons. The summed E-state index contributed by atoms with van der Waals surface area (Å²) in [5.41, 5.74) is 1.29. The van der Waals surface area contributed by atoms with Crippen molar-refractivity contribution in [3.8, 4) is 0 Å². The van der Waals surface area contributed by atoms with Gasteiger partial charge in [-0.05, 0) is 24.5 Å². The maximum absolute atomic E-state index is 11.0. The highest BCUT2D eigenvalue weighted by atomic mass is 16.7. The van der Waals surface area contributed by atoms with Crippen LogP contribution in [0.1, 0.15) is 37.7 Å². The maximum Gasteiger partial charge on any atom is 0.508 e. The van der Waals surface area contributed by atoms with E-state index in [9.17, 15) is 4.79 Å². The molecular formula is C18H25NO3. The molecule has 1 N–H and O–H groups in total. The molecular weight excluding hydrogens is 278 g/mol. The zero-order chi connectivity index (χ0) is 15.7. The van der Waals surface area contributed by atoms with E-state index in [0.717, 1.165) is 19.4 Å². The molecule has 0 aromatic heterocycles. The number of carbonyl (C=O) groups excluding carboxylic acids is 1. The minimum Gasteiger partial charge on any atom is -0.438 e. The standard InChI is InChI=1S/C18H25NO3/c1-21-17(20)22-14-8-13-18(11-6-3-7-12-18)19-15-16-9-4-2-5-10-16/h2,4-5,8-10,13,19H,3,6-7,11-12,14-15H2,1H3/b13-8+. The first-order chi connectivity index (χ1) is 10.7. The van der Waals surface area contributed by atoms with Crippen LogP contribution in [-0.2, 0) is 16.0 Å². The van der Waals surface area contributed by atoms with E-state index in [2.05, 4.69) is 40.4 Å². The zero-order valence-corrected chi connectivity index (χ0v) is 13.2. The summed E-state index contributed by atoms with van der Waals surface area (Å²) < 4.78 is 9.38. The van der Waals surface area contributed by atoms with Crippen LogP contribution in [0.5, 0.6) is 0 Å². The Morgan fingerprint density at radius 3 is 2.64 bits per heavy atom. The summed E-state index contributed by atoms with van der Waals surface area (Å²) >= 11 is 0. The maximum atomic E-state index is 11.0. The van der Waals surface area contributed by atoms with Crippen LogP contribution >= 0.6 is 0 Å². The fourth-order valence-corrected chi connectivity index (χ4v) is 2.91. The third-order valence-corrected chi connectivity index (χ3v) is 4.13. The molecule has 0 saturated heterocycles. The molecule has 22 heavy (non-hydrogen) atoms. The van der Waals surface area contributed by atoms with Crippen molar-refractivity contribution in [2.45, 2.75) is 44.2 Å². The Labute approximate surface area is 132 Å².